The molecule has 0 aliphatic carbocycles. The fourth-order valence-corrected chi connectivity index (χ4v) is 5.51. The minimum Gasteiger partial charge on any atom is -0.496 e. The van der Waals surface area contributed by atoms with Crippen molar-refractivity contribution in [2.24, 2.45) is 0 Å². The van der Waals surface area contributed by atoms with Gasteiger partial charge >= 0.3 is 0 Å². The van der Waals surface area contributed by atoms with Gasteiger partial charge in [0.1, 0.15) is 11.4 Å². The van der Waals surface area contributed by atoms with E-state index in [9.17, 15) is 8.42 Å². The Balaban J connectivity index is 1.39. The van der Waals surface area contributed by atoms with Gasteiger partial charge in [0.15, 0.2) is 5.76 Å². The van der Waals surface area contributed by atoms with Gasteiger partial charge in [-0.3, -0.25) is 4.90 Å². The van der Waals surface area contributed by atoms with Gasteiger partial charge < -0.3 is 9.26 Å². The molecule has 0 unspecified atom stereocenters. The minimum absolute atomic E-state index is 0.307. The Morgan fingerprint density at radius 3 is 2.57 bits per heavy atom. The number of piperazine rings is 1. The van der Waals surface area contributed by atoms with Crippen molar-refractivity contribution in [3.05, 3.63) is 64.8 Å². The maximum absolute atomic E-state index is 12.9. The minimum atomic E-state index is -3.49. The lowest BCUT2D eigenvalue weighted by atomic mass is 10.1. The van der Waals surface area contributed by atoms with Crippen molar-refractivity contribution in [1.29, 1.82) is 0 Å². The van der Waals surface area contributed by atoms with E-state index in [0.717, 1.165) is 27.2 Å². The first kappa shape index (κ1) is 21.0. The van der Waals surface area contributed by atoms with E-state index >= 15 is 0 Å². The molecule has 0 atom stereocenters. The predicted octanol–water partition coefficient (Wildman–Crippen LogP) is 3.62. The summed E-state index contributed by atoms with van der Waals surface area (Å²) in [5.74, 6) is 1.47. The molecule has 0 radical (unpaired) electrons. The lowest BCUT2D eigenvalue weighted by Gasteiger charge is -2.33. The van der Waals surface area contributed by atoms with Gasteiger partial charge in [0.25, 0.3) is 0 Å². The molecule has 9 heteroatoms. The molecule has 1 aliphatic rings. The molecule has 7 nitrogen and oxygen atoms in total. The molecule has 1 saturated heterocycles. The van der Waals surface area contributed by atoms with Crippen LogP contribution in [0.15, 0.2) is 68.5 Å². The summed E-state index contributed by atoms with van der Waals surface area (Å²) in [6, 6.07) is 16.4. The van der Waals surface area contributed by atoms with E-state index in [-0.39, 0.29) is 0 Å². The summed E-state index contributed by atoms with van der Waals surface area (Å²) in [5.41, 5.74) is 1.60. The number of hydrogen-bond donors (Lipinski definition) is 0. The van der Waals surface area contributed by atoms with Crippen LogP contribution in [-0.4, -0.2) is 56.1 Å². The third-order valence-corrected chi connectivity index (χ3v) is 7.47. The summed E-state index contributed by atoms with van der Waals surface area (Å²) in [7, 11) is -1.87. The van der Waals surface area contributed by atoms with E-state index in [2.05, 4.69) is 26.0 Å². The topological polar surface area (TPSA) is 75.9 Å². The highest BCUT2D eigenvalue weighted by molar-refractivity contribution is 9.10. The van der Waals surface area contributed by atoms with E-state index in [1.807, 2.05) is 36.4 Å². The highest BCUT2D eigenvalue weighted by Crippen LogP contribution is 2.29. The summed E-state index contributed by atoms with van der Waals surface area (Å²) >= 11 is 3.34. The van der Waals surface area contributed by atoms with Gasteiger partial charge in [0, 0.05) is 42.3 Å². The molecular formula is C21H22BrN3O4S. The predicted molar refractivity (Wildman–Crippen MR) is 117 cm³/mol. The number of aromatic nitrogens is 1. The average molecular weight is 492 g/mol. The number of ether oxygens (including phenoxy) is 1. The number of rotatable bonds is 6. The SMILES string of the molecule is COc1ccccc1-c1cc(CN2CCN(S(=O)(=O)c3cccc(Br)c3)CC2)on1. The molecule has 0 spiro atoms. The number of hydrogen-bond acceptors (Lipinski definition) is 6. The monoisotopic (exact) mass is 491 g/mol. The molecule has 0 bridgehead atoms. The van der Waals surface area contributed by atoms with Crippen LogP contribution in [0.3, 0.4) is 0 Å². The molecule has 1 fully saturated rings. The second-order valence-corrected chi connectivity index (χ2v) is 9.87. The molecule has 30 heavy (non-hydrogen) atoms. The first-order valence-corrected chi connectivity index (χ1v) is 11.8. The van der Waals surface area contributed by atoms with Crippen LogP contribution >= 0.6 is 15.9 Å². The fraction of sp³-hybridized carbons (Fsp3) is 0.286. The van der Waals surface area contributed by atoms with Gasteiger partial charge in [-0.05, 0) is 30.3 Å². The van der Waals surface area contributed by atoms with E-state index < -0.39 is 10.0 Å². The van der Waals surface area contributed by atoms with Crippen molar-refractivity contribution in [2.45, 2.75) is 11.4 Å². The molecule has 0 N–H and O–H groups in total. The first-order chi connectivity index (χ1) is 14.5. The van der Waals surface area contributed by atoms with Crippen molar-refractivity contribution in [3.63, 3.8) is 0 Å². The van der Waals surface area contributed by atoms with E-state index in [1.165, 1.54) is 4.31 Å². The zero-order valence-corrected chi connectivity index (χ0v) is 18.9. The first-order valence-electron chi connectivity index (χ1n) is 9.54. The van der Waals surface area contributed by atoms with Crippen molar-refractivity contribution < 1.29 is 17.7 Å². The number of para-hydroxylation sites is 1. The third kappa shape index (κ3) is 4.44. The molecule has 1 aromatic heterocycles. The van der Waals surface area contributed by atoms with E-state index in [4.69, 9.17) is 9.26 Å². The number of benzene rings is 2. The Labute approximate surface area is 184 Å². The quantitative estimate of drug-likeness (QED) is 0.524. The Morgan fingerprint density at radius 2 is 1.83 bits per heavy atom. The molecule has 0 amide bonds. The average Bonchev–Trinajstić information content (AvgIpc) is 3.22. The Bertz CT molecular complexity index is 1120. The summed E-state index contributed by atoms with van der Waals surface area (Å²) in [6.45, 7) is 2.69. The van der Waals surface area contributed by atoms with Gasteiger partial charge in [-0.2, -0.15) is 4.31 Å². The van der Waals surface area contributed by atoms with Crippen LogP contribution in [0.1, 0.15) is 5.76 Å². The van der Waals surface area contributed by atoms with Crippen LogP contribution in [0, 0.1) is 0 Å². The molecule has 2 heterocycles. The number of halogens is 1. The highest BCUT2D eigenvalue weighted by Gasteiger charge is 2.29. The van der Waals surface area contributed by atoms with E-state index in [0.29, 0.717) is 37.6 Å². The van der Waals surface area contributed by atoms with Crippen molar-refractivity contribution >= 4 is 26.0 Å². The molecule has 4 rings (SSSR count). The third-order valence-electron chi connectivity index (χ3n) is 5.09. The summed E-state index contributed by atoms with van der Waals surface area (Å²) < 4.78 is 38.9. The Kier molecular flexibility index (Phi) is 6.24. The number of sulfonamides is 1. The van der Waals surface area contributed by atoms with Crippen molar-refractivity contribution in [1.82, 2.24) is 14.4 Å². The van der Waals surface area contributed by atoms with Crippen LogP contribution < -0.4 is 4.74 Å². The van der Waals surface area contributed by atoms with Gasteiger partial charge in [-0.25, -0.2) is 8.42 Å². The zero-order chi connectivity index (χ0) is 21.1. The van der Waals surface area contributed by atoms with Crippen LogP contribution in [0.2, 0.25) is 0 Å². The highest BCUT2D eigenvalue weighted by atomic mass is 79.9. The normalized spacial score (nSPS) is 15.9. The molecule has 0 saturated carbocycles. The van der Waals surface area contributed by atoms with Crippen LogP contribution in [0.5, 0.6) is 5.75 Å². The number of nitrogens with zero attached hydrogens (tertiary/aromatic N) is 3. The summed E-state index contributed by atoms with van der Waals surface area (Å²) in [4.78, 5) is 2.47. The van der Waals surface area contributed by atoms with Gasteiger partial charge in [-0.1, -0.05) is 39.3 Å². The van der Waals surface area contributed by atoms with Gasteiger partial charge in [0.05, 0.1) is 18.6 Å². The lowest BCUT2D eigenvalue weighted by Crippen LogP contribution is -2.48. The maximum Gasteiger partial charge on any atom is 0.243 e. The second kappa shape index (κ2) is 8.89. The van der Waals surface area contributed by atoms with Crippen LogP contribution in [-0.2, 0) is 16.6 Å². The molecule has 1 aliphatic heterocycles. The summed E-state index contributed by atoms with van der Waals surface area (Å²) in [5, 5.41) is 4.17. The van der Waals surface area contributed by atoms with Crippen LogP contribution in [0.4, 0.5) is 0 Å². The van der Waals surface area contributed by atoms with Crippen molar-refractivity contribution in [3.8, 4) is 17.0 Å². The molecule has 2 aromatic carbocycles. The fourth-order valence-electron chi connectivity index (χ4n) is 3.50. The largest absolute Gasteiger partial charge is 0.496 e. The van der Waals surface area contributed by atoms with E-state index in [1.54, 1.807) is 25.3 Å². The zero-order valence-electron chi connectivity index (χ0n) is 16.5. The second-order valence-electron chi connectivity index (χ2n) is 7.02. The molecule has 158 valence electrons. The number of methoxy groups -OCH3 is 1. The summed E-state index contributed by atoms with van der Waals surface area (Å²) in [6.07, 6.45) is 0. The Morgan fingerprint density at radius 1 is 1.07 bits per heavy atom. The lowest BCUT2D eigenvalue weighted by molar-refractivity contribution is 0.166. The standard InChI is InChI=1S/C21H22BrN3O4S/c1-28-21-8-3-2-7-19(21)20-14-17(29-23-20)15-24-9-11-25(12-10-24)30(26,27)18-6-4-5-16(22)13-18/h2-8,13-14H,9-12,15H2,1H3. The smallest absolute Gasteiger partial charge is 0.243 e. The Hall–Kier alpha value is -2.20. The van der Waals surface area contributed by atoms with Crippen molar-refractivity contribution in [2.75, 3.05) is 33.3 Å². The maximum atomic E-state index is 12.9. The van der Waals surface area contributed by atoms with Gasteiger partial charge in [-0.15, -0.1) is 0 Å². The van der Waals surface area contributed by atoms with Crippen LogP contribution in [0.25, 0.3) is 11.3 Å². The van der Waals surface area contributed by atoms with Gasteiger partial charge in [0.2, 0.25) is 10.0 Å². The molecular weight excluding hydrogens is 470 g/mol. The molecule has 3 aromatic rings.